The van der Waals surface area contributed by atoms with Gasteiger partial charge in [0, 0.05) is 17.1 Å². The number of nitrogens with one attached hydrogen (secondary N) is 1. The second-order valence-electron chi connectivity index (χ2n) is 5.58. The van der Waals surface area contributed by atoms with Crippen LogP contribution in [-0.2, 0) is 0 Å². The molecule has 0 aliphatic heterocycles. The molecule has 1 nitrogen and oxygen atoms in total. The van der Waals surface area contributed by atoms with Crippen molar-refractivity contribution in [3.8, 4) is 0 Å². The van der Waals surface area contributed by atoms with Gasteiger partial charge < -0.3 is 4.98 Å². The lowest BCUT2D eigenvalue weighted by Gasteiger charge is -2.11. The van der Waals surface area contributed by atoms with E-state index in [0.717, 1.165) is 6.42 Å². The van der Waals surface area contributed by atoms with Crippen LogP contribution >= 0.6 is 0 Å². The normalized spacial score (nSPS) is 23.1. The monoisotopic (exact) mass is 239 g/mol. The van der Waals surface area contributed by atoms with Crippen molar-refractivity contribution >= 4 is 17.0 Å². The van der Waals surface area contributed by atoms with Crippen LogP contribution in [0.25, 0.3) is 17.0 Å². The smallest absolute Gasteiger partial charge is 0.0492 e. The number of hydrogen-bond acceptors (Lipinski definition) is 0. The fourth-order valence-corrected chi connectivity index (χ4v) is 3.48. The lowest BCUT2D eigenvalue weighted by molar-refractivity contribution is 0.662. The molecule has 1 aliphatic rings. The number of rotatable bonds is 2. The highest BCUT2D eigenvalue weighted by molar-refractivity contribution is 5.88. The Hall–Kier alpha value is -1.50. The fourth-order valence-electron chi connectivity index (χ4n) is 3.48. The van der Waals surface area contributed by atoms with Crippen LogP contribution in [0.15, 0.2) is 24.4 Å². The Morgan fingerprint density at radius 2 is 2.06 bits per heavy atom. The molecule has 0 amide bonds. The van der Waals surface area contributed by atoms with Gasteiger partial charge in [-0.2, -0.15) is 0 Å². The molecule has 0 fully saturated rings. The molecular formula is C17H21N. The molecule has 1 aliphatic carbocycles. The first-order chi connectivity index (χ1) is 8.72. The van der Waals surface area contributed by atoms with E-state index in [-0.39, 0.29) is 0 Å². The number of fused-ring (bicyclic) bond motifs is 3. The molecule has 2 aromatic rings. The van der Waals surface area contributed by atoms with E-state index in [1.54, 1.807) is 11.1 Å². The SMILES string of the molecule is CC/C=C/c1cc2cc[nH]c2c2c1[C@@H](C)C[C@@H]2C. The van der Waals surface area contributed by atoms with Gasteiger partial charge in [0.2, 0.25) is 0 Å². The van der Waals surface area contributed by atoms with Gasteiger partial charge in [-0.3, -0.25) is 0 Å². The summed E-state index contributed by atoms with van der Waals surface area (Å²) in [6.45, 7) is 6.91. The number of benzene rings is 1. The molecule has 0 radical (unpaired) electrons. The molecule has 0 bridgehead atoms. The summed E-state index contributed by atoms with van der Waals surface area (Å²) in [7, 11) is 0. The molecular weight excluding hydrogens is 218 g/mol. The first-order valence-corrected chi connectivity index (χ1v) is 7.02. The molecule has 94 valence electrons. The van der Waals surface area contributed by atoms with E-state index in [4.69, 9.17) is 0 Å². The molecule has 3 rings (SSSR count). The maximum absolute atomic E-state index is 3.43. The average Bonchev–Trinajstić information content (AvgIpc) is 2.91. The van der Waals surface area contributed by atoms with Crippen molar-refractivity contribution in [3.05, 3.63) is 41.1 Å². The van der Waals surface area contributed by atoms with Gasteiger partial charge in [0.15, 0.2) is 0 Å². The van der Waals surface area contributed by atoms with Crippen molar-refractivity contribution in [2.75, 3.05) is 0 Å². The van der Waals surface area contributed by atoms with Crippen LogP contribution in [0.4, 0.5) is 0 Å². The predicted octanol–water partition coefficient (Wildman–Crippen LogP) is 5.20. The van der Waals surface area contributed by atoms with Gasteiger partial charge >= 0.3 is 0 Å². The Bertz CT molecular complexity index is 603. The third kappa shape index (κ3) is 1.61. The van der Waals surface area contributed by atoms with Crippen molar-refractivity contribution in [2.24, 2.45) is 0 Å². The van der Waals surface area contributed by atoms with Crippen LogP contribution in [0, 0.1) is 0 Å². The lowest BCUT2D eigenvalue weighted by Crippen LogP contribution is -1.93. The number of aromatic nitrogens is 1. The maximum Gasteiger partial charge on any atom is 0.0492 e. The number of allylic oxidation sites excluding steroid dienone is 1. The molecule has 1 heterocycles. The first kappa shape index (κ1) is 11.6. The highest BCUT2D eigenvalue weighted by atomic mass is 14.7. The first-order valence-electron chi connectivity index (χ1n) is 7.02. The van der Waals surface area contributed by atoms with Crippen LogP contribution in [0.1, 0.15) is 62.1 Å². The van der Waals surface area contributed by atoms with Gasteiger partial charge in [-0.1, -0.05) is 32.9 Å². The summed E-state index contributed by atoms with van der Waals surface area (Å²) < 4.78 is 0. The van der Waals surface area contributed by atoms with E-state index in [1.165, 1.54) is 22.9 Å². The summed E-state index contributed by atoms with van der Waals surface area (Å²) in [5, 5.41) is 1.35. The highest BCUT2D eigenvalue weighted by Gasteiger charge is 2.29. The highest BCUT2D eigenvalue weighted by Crippen LogP contribution is 2.46. The molecule has 18 heavy (non-hydrogen) atoms. The second kappa shape index (κ2) is 4.31. The van der Waals surface area contributed by atoms with Crippen LogP contribution in [0.5, 0.6) is 0 Å². The second-order valence-corrected chi connectivity index (χ2v) is 5.58. The zero-order valence-corrected chi connectivity index (χ0v) is 11.5. The summed E-state index contributed by atoms with van der Waals surface area (Å²) in [5.41, 5.74) is 5.91. The van der Waals surface area contributed by atoms with Crippen molar-refractivity contribution in [1.29, 1.82) is 0 Å². The molecule has 2 atom stereocenters. The van der Waals surface area contributed by atoms with Gasteiger partial charge in [-0.15, -0.1) is 0 Å². The van der Waals surface area contributed by atoms with Gasteiger partial charge in [-0.05, 0) is 53.5 Å². The van der Waals surface area contributed by atoms with Crippen LogP contribution < -0.4 is 0 Å². The molecule has 0 saturated heterocycles. The summed E-state index contributed by atoms with van der Waals surface area (Å²) >= 11 is 0. The Labute approximate surface area is 109 Å². The van der Waals surface area contributed by atoms with Crippen molar-refractivity contribution in [1.82, 2.24) is 4.98 Å². The predicted molar refractivity (Wildman–Crippen MR) is 79.1 cm³/mol. The van der Waals surface area contributed by atoms with Crippen LogP contribution in [-0.4, -0.2) is 4.98 Å². The molecule has 1 N–H and O–H groups in total. The molecule has 0 unspecified atom stereocenters. The molecule has 1 heteroatoms. The maximum atomic E-state index is 3.43. The van der Waals surface area contributed by atoms with Crippen molar-refractivity contribution in [2.45, 2.75) is 45.4 Å². The third-order valence-electron chi connectivity index (χ3n) is 4.19. The number of H-pyrrole nitrogens is 1. The minimum absolute atomic E-state index is 0.672. The molecule has 0 saturated carbocycles. The van der Waals surface area contributed by atoms with E-state index < -0.39 is 0 Å². The minimum Gasteiger partial charge on any atom is -0.361 e. The van der Waals surface area contributed by atoms with Gasteiger partial charge in [0.25, 0.3) is 0 Å². The quantitative estimate of drug-likeness (QED) is 0.741. The average molecular weight is 239 g/mol. The standard InChI is InChI=1S/C17H21N/c1-4-5-6-13-10-14-7-8-18-17(14)16-12(3)9-11(2)15(13)16/h5-8,10-12,18H,4,9H2,1-3H3/b6-5+/t11-,12-/m0/s1. The van der Waals surface area contributed by atoms with Gasteiger partial charge in [0.05, 0.1) is 0 Å². The zero-order valence-electron chi connectivity index (χ0n) is 11.5. The fraction of sp³-hybridized carbons (Fsp3) is 0.412. The largest absolute Gasteiger partial charge is 0.361 e. The molecule has 1 aromatic heterocycles. The lowest BCUT2D eigenvalue weighted by atomic mass is 9.94. The van der Waals surface area contributed by atoms with E-state index in [1.807, 2.05) is 0 Å². The van der Waals surface area contributed by atoms with E-state index in [2.05, 4.69) is 56.2 Å². The van der Waals surface area contributed by atoms with Crippen molar-refractivity contribution < 1.29 is 0 Å². The van der Waals surface area contributed by atoms with Crippen LogP contribution in [0.2, 0.25) is 0 Å². The van der Waals surface area contributed by atoms with E-state index >= 15 is 0 Å². The molecule has 1 aromatic carbocycles. The van der Waals surface area contributed by atoms with E-state index in [0.29, 0.717) is 11.8 Å². The summed E-state index contributed by atoms with van der Waals surface area (Å²) in [6.07, 6.45) is 9.02. The van der Waals surface area contributed by atoms with Crippen LogP contribution in [0.3, 0.4) is 0 Å². The van der Waals surface area contributed by atoms with E-state index in [9.17, 15) is 0 Å². The summed E-state index contributed by atoms with van der Waals surface area (Å²) in [5.74, 6) is 1.35. The minimum atomic E-state index is 0.672. The summed E-state index contributed by atoms with van der Waals surface area (Å²) in [4.78, 5) is 3.43. The van der Waals surface area contributed by atoms with Gasteiger partial charge in [0.1, 0.15) is 0 Å². The Kier molecular flexibility index (Phi) is 2.77. The third-order valence-corrected chi connectivity index (χ3v) is 4.19. The zero-order chi connectivity index (χ0) is 12.7. The topological polar surface area (TPSA) is 15.8 Å². The number of hydrogen-bond donors (Lipinski definition) is 1. The summed E-state index contributed by atoms with van der Waals surface area (Å²) in [6, 6.07) is 4.53. The van der Waals surface area contributed by atoms with Gasteiger partial charge in [-0.25, -0.2) is 0 Å². The van der Waals surface area contributed by atoms with Crippen molar-refractivity contribution in [3.63, 3.8) is 0 Å². The Balaban J connectivity index is 2.30. The number of aromatic amines is 1. The molecule has 0 spiro atoms. The Morgan fingerprint density at radius 3 is 2.83 bits per heavy atom. The Morgan fingerprint density at radius 1 is 1.28 bits per heavy atom.